The van der Waals surface area contributed by atoms with Gasteiger partial charge in [0.25, 0.3) is 0 Å². The molecule has 7 rings (SSSR count). The summed E-state index contributed by atoms with van der Waals surface area (Å²) in [7, 11) is 2.15. The first-order valence-corrected chi connectivity index (χ1v) is 14.7. The van der Waals surface area contributed by atoms with E-state index in [2.05, 4.69) is 26.8 Å². The largest absolute Gasteiger partial charge is 0.457 e. The van der Waals surface area contributed by atoms with E-state index in [9.17, 15) is 4.79 Å². The third kappa shape index (κ3) is 5.12. The first-order valence-electron chi connectivity index (χ1n) is 14.7. The molecule has 0 radical (unpaired) electrons. The Kier molecular flexibility index (Phi) is 7.09. The van der Waals surface area contributed by atoms with Gasteiger partial charge in [0.1, 0.15) is 29.3 Å². The number of anilines is 1. The van der Waals surface area contributed by atoms with Crippen molar-refractivity contribution in [2.45, 2.75) is 24.9 Å². The number of fused-ring (bicyclic) bond motifs is 3. The average Bonchev–Trinajstić information content (AvgIpc) is 3.73. The maximum atomic E-state index is 13.3. The van der Waals surface area contributed by atoms with Gasteiger partial charge in [0.05, 0.1) is 17.5 Å². The van der Waals surface area contributed by atoms with Gasteiger partial charge in [0.2, 0.25) is 5.91 Å². The predicted molar refractivity (Wildman–Crippen MR) is 162 cm³/mol. The normalized spacial score (nSPS) is 22.9. The SMILES string of the molecule is CN1CCN(C/C=C/C(=O)N2CC3CC2C(n2nc(-c4ccc(Oc5ccccc5)cc4)c4c(N)ncnc42)C3)CC1. The monoisotopic (exact) mass is 564 g/mol. The first-order chi connectivity index (χ1) is 20.5. The Hall–Kier alpha value is -4.28. The van der Waals surface area contributed by atoms with E-state index in [1.54, 1.807) is 6.08 Å². The third-order valence-corrected chi connectivity index (χ3v) is 8.89. The molecule has 2 bridgehead atoms. The number of amides is 1. The van der Waals surface area contributed by atoms with Crippen molar-refractivity contribution < 1.29 is 9.53 Å². The van der Waals surface area contributed by atoms with E-state index in [1.165, 1.54) is 6.33 Å². The van der Waals surface area contributed by atoms with Crippen molar-refractivity contribution in [3.63, 3.8) is 0 Å². The van der Waals surface area contributed by atoms with Gasteiger partial charge in [-0.3, -0.25) is 9.69 Å². The molecule has 1 saturated carbocycles. The summed E-state index contributed by atoms with van der Waals surface area (Å²) in [6.07, 6.45) is 7.22. The van der Waals surface area contributed by atoms with Crippen LogP contribution in [0.1, 0.15) is 18.9 Å². The molecule has 4 heterocycles. The van der Waals surface area contributed by atoms with Gasteiger partial charge in [0, 0.05) is 50.9 Å². The van der Waals surface area contributed by atoms with Crippen molar-refractivity contribution in [2.24, 2.45) is 5.92 Å². The molecule has 42 heavy (non-hydrogen) atoms. The molecule has 216 valence electrons. The summed E-state index contributed by atoms with van der Waals surface area (Å²) in [6, 6.07) is 17.6. The lowest BCUT2D eigenvalue weighted by Gasteiger charge is -2.33. The summed E-state index contributed by atoms with van der Waals surface area (Å²) in [5.41, 5.74) is 8.75. The summed E-state index contributed by atoms with van der Waals surface area (Å²) in [5, 5.41) is 5.82. The van der Waals surface area contributed by atoms with Gasteiger partial charge in [-0.05, 0) is 62.2 Å². The minimum atomic E-state index is 0.0324. The van der Waals surface area contributed by atoms with Crippen LogP contribution in [0, 0.1) is 5.92 Å². The number of hydrogen-bond donors (Lipinski definition) is 1. The molecule has 10 nitrogen and oxygen atoms in total. The Morgan fingerprint density at radius 1 is 0.976 bits per heavy atom. The smallest absolute Gasteiger partial charge is 0.246 e. The van der Waals surface area contributed by atoms with E-state index in [0.29, 0.717) is 17.4 Å². The van der Waals surface area contributed by atoms with E-state index in [0.717, 1.165) is 80.3 Å². The Labute approximate surface area is 245 Å². The molecule has 0 spiro atoms. The highest BCUT2D eigenvalue weighted by Crippen LogP contribution is 2.46. The Bertz CT molecular complexity index is 1590. The Morgan fingerprint density at radius 3 is 2.48 bits per heavy atom. The van der Waals surface area contributed by atoms with Gasteiger partial charge in [0.15, 0.2) is 5.65 Å². The number of para-hydroxylation sites is 1. The number of nitrogens with two attached hydrogens (primary N) is 1. The van der Waals surface area contributed by atoms with Gasteiger partial charge in [-0.15, -0.1) is 0 Å². The number of nitrogen functional groups attached to an aromatic ring is 1. The van der Waals surface area contributed by atoms with Crippen LogP contribution < -0.4 is 10.5 Å². The Morgan fingerprint density at radius 2 is 1.71 bits per heavy atom. The molecule has 2 saturated heterocycles. The molecule has 3 atom stereocenters. The minimum Gasteiger partial charge on any atom is -0.457 e. The van der Waals surface area contributed by atoms with E-state index < -0.39 is 0 Å². The number of piperazine rings is 1. The van der Waals surface area contributed by atoms with Crippen LogP contribution in [0.4, 0.5) is 5.82 Å². The third-order valence-electron chi connectivity index (χ3n) is 8.89. The molecule has 2 aromatic carbocycles. The molecule has 4 aromatic rings. The molecular formula is C32H36N8O2. The first kappa shape index (κ1) is 26.6. The van der Waals surface area contributed by atoms with Crippen molar-refractivity contribution in [3.05, 3.63) is 73.1 Å². The quantitative estimate of drug-likeness (QED) is 0.338. The zero-order chi connectivity index (χ0) is 28.6. The molecule has 2 N–H and O–H groups in total. The minimum absolute atomic E-state index is 0.0324. The highest BCUT2D eigenvalue weighted by Gasteiger charge is 2.48. The van der Waals surface area contributed by atoms with Crippen LogP contribution in [0.3, 0.4) is 0 Å². The number of carbonyl (C=O) groups is 1. The van der Waals surface area contributed by atoms with E-state index in [-0.39, 0.29) is 18.0 Å². The highest BCUT2D eigenvalue weighted by molar-refractivity contribution is 5.98. The topological polar surface area (TPSA) is 106 Å². The van der Waals surface area contributed by atoms with Crippen molar-refractivity contribution in [3.8, 4) is 22.8 Å². The zero-order valence-corrected chi connectivity index (χ0v) is 23.8. The van der Waals surface area contributed by atoms with Crippen molar-refractivity contribution in [1.82, 2.24) is 34.4 Å². The predicted octanol–water partition coefficient (Wildman–Crippen LogP) is 3.83. The maximum absolute atomic E-state index is 13.3. The van der Waals surface area contributed by atoms with Crippen LogP contribution >= 0.6 is 0 Å². The lowest BCUT2D eigenvalue weighted by atomic mass is 10.1. The number of likely N-dealkylation sites (tertiary alicyclic amines) is 1. The zero-order valence-electron chi connectivity index (χ0n) is 23.8. The standard InChI is InChI=1S/C32H36N8O2/c1-37-14-16-38(17-15-37)13-5-8-28(41)39-20-22-18-26(39)27(19-22)40-32-29(31(33)34-21-35-32)30(36-40)23-9-11-25(12-10-23)42-24-6-3-2-4-7-24/h2-12,21-22,26-27H,13-20H2,1H3,(H2,33,34,35)/b8-5+. The molecule has 3 fully saturated rings. The number of carbonyl (C=O) groups excluding carboxylic acids is 1. The molecule has 3 unspecified atom stereocenters. The number of rotatable bonds is 7. The van der Waals surface area contributed by atoms with Crippen LogP contribution in [-0.2, 0) is 4.79 Å². The van der Waals surface area contributed by atoms with Gasteiger partial charge in [-0.25, -0.2) is 14.6 Å². The van der Waals surface area contributed by atoms with E-state index >= 15 is 0 Å². The van der Waals surface area contributed by atoms with Crippen LogP contribution in [0.5, 0.6) is 11.5 Å². The summed E-state index contributed by atoms with van der Waals surface area (Å²) < 4.78 is 7.97. The van der Waals surface area contributed by atoms with Crippen LogP contribution in [0.2, 0.25) is 0 Å². The highest BCUT2D eigenvalue weighted by atomic mass is 16.5. The lowest BCUT2D eigenvalue weighted by Crippen LogP contribution is -2.44. The summed E-state index contributed by atoms with van der Waals surface area (Å²) in [6.45, 7) is 5.81. The number of hydrogen-bond acceptors (Lipinski definition) is 8. The molecule has 1 aliphatic carbocycles. The second kappa shape index (κ2) is 11.2. The van der Waals surface area contributed by atoms with Gasteiger partial charge < -0.3 is 20.3 Å². The fourth-order valence-electron chi connectivity index (χ4n) is 6.67. The number of piperidine rings is 1. The number of likely N-dealkylation sites (N-methyl/N-ethyl adjacent to an activating group) is 1. The van der Waals surface area contributed by atoms with Crippen molar-refractivity contribution in [2.75, 3.05) is 52.0 Å². The molecule has 2 aromatic heterocycles. The fraction of sp³-hybridized carbons (Fsp3) is 0.375. The van der Waals surface area contributed by atoms with Crippen LogP contribution in [-0.4, -0.2) is 92.7 Å². The van der Waals surface area contributed by atoms with Gasteiger partial charge in [-0.1, -0.05) is 24.3 Å². The molecule has 2 aliphatic heterocycles. The summed E-state index contributed by atoms with van der Waals surface area (Å²) >= 11 is 0. The molecule has 1 amide bonds. The van der Waals surface area contributed by atoms with E-state index in [1.807, 2.05) is 70.3 Å². The summed E-state index contributed by atoms with van der Waals surface area (Å²) in [4.78, 5) is 29.0. The molecule has 10 heteroatoms. The number of ether oxygens (including phenoxy) is 1. The number of nitrogens with zero attached hydrogens (tertiary/aromatic N) is 7. The van der Waals surface area contributed by atoms with Crippen LogP contribution in [0.15, 0.2) is 73.1 Å². The van der Waals surface area contributed by atoms with Crippen LogP contribution in [0.25, 0.3) is 22.3 Å². The van der Waals surface area contributed by atoms with Gasteiger partial charge in [-0.2, -0.15) is 5.10 Å². The second-order valence-corrected chi connectivity index (χ2v) is 11.7. The van der Waals surface area contributed by atoms with Crippen molar-refractivity contribution in [1.29, 1.82) is 0 Å². The molecular weight excluding hydrogens is 528 g/mol. The lowest BCUT2D eigenvalue weighted by molar-refractivity contribution is -0.128. The van der Waals surface area contributed by atoms with Gasteiger partial charge >= 0.3 is 0 Å². The fourth-order valence-corrected chi connectivity index (χ4v) is 6.67. The number of benzene rings is 2. The molecule has 3 aliphatic rings. The number of aromatic nitrogens is 4. The Balaban J connectivity index is 1.12. The average molecular weight is 565 g/mol. The van der Waals surface area contributed by atoms with Crippen molar-refractivity contribution >= 4 is 22.8 Å². The summed E-state index contributed by atoms with van der Waals surface area (Å²) in [5.74, 6) is 2.45. The van der Waals surface area contributed by atoms with E-state index in [4.69, 9.17) is 15.6 Å². The second-order valence-electron chi connectivity index (χ2n) is 11.7. The maximum Gasteiger partial charge on any atom is 0.246 e.